The van der Waals surface area contributed by atoms with Crippen LogP contribution in [0.4, 0.5) is 11.4 Å². The van der Waals surface area contributed by atoms with Crippen LogP contribution in [-0.2, 0) is 12.8 Å². The van der Waals surface area contributed by atoms with Crippen LogP contribution in [0.5, 0.6) is 0 Å². The number of rotatable bonds is 5. The third-order valence-electron chi connectivity index (χ3n) is 3.99. The zero-order chi connectivity index (χ0) is 17.7. The number of nitrogens with zero attached hydrogens (tertiary/aromatic N) is 2. The van der Waals surface area contributed by atoms with Crippen molar-refractivity contribution in [1.29, 1.82) is 0 Å². The number of guanidine groups is 1. The van der Waals surface area contributed by atoms with E-state index in [1.54, 1.807) is 11.8 Å². The second kappa shape index (κ2) is 8.58. The van der Waals surface area contributed by atoms with Gasteiger partial charge in [-0.05, 0) is 70.4 Å². The average Bonchev–Trinajstić information content (AvgIpc) is 2.62. The summed E-state index contributed by atoms with van der Waals surface area (Å²) in [7, 11) is 1.95. The summed E-state index contributed by atoms with van der Waals surface area (Å²) in [6.45, 7) is 4.29. The first-order valence-electron chi connectivity index (χ1n) is 8.03. The summed E-state index contributed by atoms with van der Waals surface area (Å²) in [5, 5.41) is 0. The number of hydrogen-bond donors (Lipinski definition) is 1. The molecule has 0 aliphatic heterocycles. The molecule has 0 fully saturated rings. The highest BCUT2D eigenvalue weighted by molar-refractivity contribution is 9.10. The molecule has 2 N–H and O–H groups in total. The van der Waals surface area contributed by atoms with Crippen LogP contribution < -0.4 is 10.6 Å². The van der Waals surface area contributed by atoms with Gasteiger partial charge in [-0.25, -0.2) is 4.99 Å². The van der Waals surface area contributed by atoms with Crippen molar-refractivity contribution in [3.05, 3.63) is 52.0 Å². The Hall–Kier alpha value is -1.46. The minimum Gasteiger partial charge on any atom is -0.369 e. The second-order valence-corrected chi connectivity index (χ2v) is 7.18. The Morgan fingerprint density at radius 1 is 1.17 bits per heavy atom. The van der Waals surface area contributed by atoms with Gasteiger partial charge in [-0.3, -0.25) is 0 Å². The molecule has 0 amide bonds. The fraction of sp³-hybridized carbons (Fsp3) is 0.316. The van der Waals surface area contributed by atoms with Crippen LogP contribution in [0.2, 0.25) is 0 Å². The molecule has 2 aromatic carbocycles. The Morgan fingerprint density at radius 2 is 1.88 bits per heavy atom. The predicted octanol–water partition coefficient (Wildman–Crippen LogP) is 5.38. The van der Waals surface area contributed by atoms with Crippen LogP contribution in [0, 0.1) is 0 Å². The average molecular weight is 406 g/mol. The zero-order valence-electron chi connectivity index (χ0n) is 14.6. The Morgan fingerprint density at radius 3 is 2.50 bits per heavy atom. The van der Waals surface area contributed by atoms with Crippen molar-refractivity contribution in [2.75, 3.05) is 18.2 Å². The maximum atomic E-state index is 6.27. The predicted molar refractivity (Wildman–Crippen MR) is 111 cm³/mol. The zero-order valence-corrected chi connectivity index (χ0v) is 17.0. The number of hydrogen-bond acceptors (Lipinski definition) is 2. The van der Waals surface area contributed by atoms with Crippen LogP contribution in [0.3, 0.4) is 0 Å². The maximum absolute atomic E-state index is 6.27. The van der Waals surface area contributed by atoms with Crippen LogP contribution in [0.25, 0.3) is 0 Å². The number of benzene rings is 2. The van der Waals surface area contributed by atoms with Gasteiger partial charge in [-0.2, -0.15) is 0 Å². The second-order valence-electron chi connectivity index (χ2n) is 5.54. The smallest absolute Gasteiger partial charge is 0.200 e. The Kier molecular flexibility index (Phi) is 6.75. The highest BCUT2D eigenvalue weighted by Crippen LogP contribution is 2.36. The van der Waals surface area contributed by atoms with E-state index in [1.807, 2.05) is 18.0 Å². The van der Waals surface area contributed by atoms with Crippen LogP contribution >= 0.6 is 27.7 Å². The fourth-order valence-electron chi connectivity index (χ4n) is 2.39. The summed E-state index contributed by atoms with van der Waals surface area (Å²) in [6.07, 6.45) is 4.04. The number of aliphatic imine (C=N–C) groups is 1. The normalized spacial score (nSPS) is 11.6. The number of aryl methyl sites for hydroxylation is 2. The fourth-order valence-corrected chi connectivity index (χ4v) is 3.74. The van der Waals surface area contributed by atoms with Crippen molar-refractivity contribution in [3.8, 4) is 0 Å². The molecule has 5 heteroatoms. The van der Waals surface area contributed by atoms with Gasteiger partial charge in [0.15, 0.2) is 0 Å². The molecule has 0 atom stereocenters. The van der Waals surface area contributed by atoms with E-state index in [4.69, 9.17) is 5.73 Å². The van der Waals surface area contributed by atoms with Gasteiger partial charge in [0.1, 0.15) is 0 Å². The molecule has 0 spiro atoms. The maximum Gasteiger partial charge on any atom is 0.200 e. The van der Waals surface area contributed by atoms with Crippen molar-refractivity contribution in [1.82, 2.24) is 0 Å². The molecule has 2 aromatic rings. The molecule has 0 bridgehead atoms. The quantitative estimate of drug-likeness (QED) is 0.412. The molecule has 128 valence electrons. The Labute approximate surface area is 157 Å². The standard InChI is InChI=1S/C19H24BrN3S/c1-5-13-8-7-9-15(10-13)23(3)19(21)22-16-11-14(6-2)12-17(24-4)18(16)20/h7-12H,5-6H2,1-4H3,(H2,21,22). The van der Waals surface area contributed by atoms with E-state index < -0.39 is 0 Å². The SMILES string of the molecule is CCc1cccc(N(C)C(N)=Nc2cc(CC)cc(SC)c2Br)c1. The molecular formula is C19H24BrN3S. The molecule has 0 saturated carbocycles. The van der Waals surface area contributed by atoms with Gasteiger partial charge in [0.25, 0.3) is 0 Å². The van der Waals surface area contributed by atoms with E-state index in [2.05, 4.69) is 71.4 Å². The first-order valence-corrected chi connectivity index (χ1v) is 10.0. The van der Waals surface area contributed by atoms with Gasteiger partial charge in [-0.15, -0.1) is 11.8 Å². The number of thioether (sulfide) groups is 1. The third-order valence-corrected chi connectivity index (χ3v) is 5.85. The number of anilines is 1. The lowest BCUT2D eigenvalue weighted by molar-refractivity contribution is 1.11. The van der Waals surface area contributed by atoms with E-state index in [0.717, 1.165) is 28.7 Å². The van der Waals surface area contributed by atoms with Gasteiger partial charge in [0.2, 0.25) is 5.96 Å². The minimum absolute atomic E-state index is 0.476. The van der Waals surface area contributed by atoms with E-state index in [9.17, 15) is 0 Å². The molecule has 0 unspecified atom stereocenters. The van der Waals surface area contributed by atoms with Gasteiger partial charge in [0.05, 0.1) is 10.2 Å². The van der Waals surface area contributed by atoms with Crippen LogP contribution in [-0.4, -0.2) is 19.3 Å². The van der Waals surface area contributed by atoms with Gasteiger partial charge < -0.3 is 10.6 Å². The monoisotopic (exact) mass is 405 g/mol. The molecule has 24 heavy (non-hydrogen) atoms. The summed E-state index contributed by atoms with van der Waals surface area (Å²) in [6, 6.07) is 12.7. The van der Waals surface area contributed by atoms with Crippen LogP contribution in [0.1, 0.15) is 25.0 Å². The number of nitrogens with two attached hydrogens (primary N) is 1. The lowest BCUT2D eigenvalue weighted by atomic mass is 10.1. The third kappa shape index (κ3) is 4.33. The van der Waals surface area contributed by atoms with E-state index in [1.165, 1.54) is 16.0 Å². The summed E-state index contributed by atoms with van der Waals surface area (Å²) in [5.41, 5.74) is 10.7. The summed E-state index contributed by atoms with van der Waals surface area (Å²) in [5.74, 6) is 0.476. The van der Waals surface area contributed by atoms with E-state index in [0.29, 0.717) is 5.96 Å². The highest BCUT2D eigenvalue weighted by Gasteiger charge is 2.10. The Bertz CT molecular complexity index is 743. The highest BCUT2D eigenvalue weighted by atomic mass is 79.9. The first-order chi connectivity index (χ1) is 11.5. The first kappa shape index (κ1) is 18.9. The molecule has 0 aliphatic rings. The van der Waals surface area contributed by atoms with Crippen LogP contribution in [0.15, 0.2) is 50.8 Å². The molecule has 2 rings (SSSR count). The topological polar surface area (TPSA) is 41.6 Å². The van der Waals surface area contributed by atoms with Crippen molar-refractivity contribution < 1.29 is 0 Å². The molecule has 0 aliphatic carbocycles. The van der Waals surface area contributed by atoms with Crippen molar-refractivity contribution in [2.45, 2.75) is 31.6 Å². The van der Waals surface area contributed by atoms with E-state index >= 15 is 0 Å². The molecule has 0 aromatic heterocycles. The molecule has 0 heterocycles. The number of halogens is 1. The summed E-state index contributed by atoms with van der Waals surface area (Å²) in [4.78, 5) is 7.76. The molecule has 0 saturated heterocycles. The largest absolute Gasteiger partial charge is 0.369 e. The van der Waals surface area contributed by atoms with E-state index in [-0.39, 0.29) is 0 Å². The summed E-state index contributed by atoms with van der Waals surface area (Å²) >= 11 is 5.36. The Balaban J connectivity index is 2.39. The van der Waals surface area contributed by atoms with Crippen molar-refractivity contribution in [3.63, 3.8) is 0 Å². The van der Waals surface area contributed by atoms with Gasteiger partial charge in [0, 0.05) is 17.6 Å². The van der Waals surface area contributed by atoms with Crippen molar-refractivity contribution >= 4 is 45.0 Å². The molecule has 3 nitrogen and oxygen atoms in total. The molecular weight excluding hydrogens is 382 g/mol. The molecule has 0 radical (unpaired) electrons. The van der Waals surface area contributed by atoms with Gasteiger partial charge in [-0.1, -0.05) is 26.0 Å². The minimum atomic E-state index is 0.476. The lowest BCUT2D eigenvalue weighted by Crippen LogP contribution is -2.33. The van der Waals surface area contributed by atoms with Crippen molar-refractivity contribution in [2.24, 2.45) is 10.7 Å². The van der Waals surface area contributed by atoms with Gasteiger partial charge >= 0.3 is 0 Å². The summed E-state index contributed by atoms with van der Waals surface area (Å²) < 4.78 is 0.992. The lowest BCUT2D eigenvalue weighted by Gasteiger charge is -2.19.